The number of hydrogen-bond acceptors (Lipinski definition) is 4. The quantitative estimate of drug-likeness (QED) is 0.410. The van der Waals surface area contributed by atoms with Crippen LogP contribution in [-0.4, -0.2) is 10.9 Å². The van der Waals surface area contributed by atoms with E-state index >= 15 is 0 Å². The highest BCUT2D eigenvalue weighted by Crippen LogP contribution is 2.32. The molecule has 0 atom stereocenters. The molecule has 3 aromatic carbocycles. The van der Waals surface area contributed by atoms with Gasteiger partial charge in [-0.25, -0.2) is 13.8 Å². The van der Waals surface area contributed by atoms with Crippen LogP contribution >= 0.6 is 11.3 Å². The van der Waals surface area contributed by atoms with Crippen LogP contribution in [0.1, 0.15) is 21.6 Å². The van der Waals surface area contributed by atoms with Gasteiger partial charge >= 0.3 is 0 Å². The SMILES string of the molecule is O=C(NCc1ccccc1)c1csc(-c2ccccc2OCc2ccc(F)cc2F)n1. The van der Waals surface area contributed by atoms with E-state index in [0.29, 0.717) is 28.6 Å². The lowest BCUT2D eigenvalue weighted by atomic mass is 10.2. The summed E-state index contributed by atoms with van der Waals surface area (Å²) >= 11 is 1.32. The molecule has 31 heavy (non-hydrogen) atoms. The Morgan fingerprint density at radius 2 is 1.77 bits per heavy atom. The molecule has 1 N–H and O–H groups in total. The van der Waals surface area contributed by atoms with E-state index in [4.69, 9.17) is 4.74 Å². The third-order valence-electron chi connectivity index (χ3n) is 4.55. The predicted octanol–water partition coefficient (Wildman–Crippen LogP) is 5.60. The molecule has 0 aliphatic rings. The molecular weight excluding hydrogens is 418 g/mol. The van der Waals surface area contributed by atoms with Crippen molar-refractivity contribution in [1.29, 1.82) is 0 Å². The van der Waals surface area contributed by atoms with Gasteiger partial charge in [-0.15, -0.1) is 11.3 Å². The average Bonchev–Trinajstić information content (AvgIpc) is 3.28. The Kier molecular flexibility index (Phi) is 6.33. The Morgan fingerprint density at radius 3 is 2.58 bits per heavy atom. The number of hydrogen-bond donors (Lipinski definition) is 1. The van der Waals surface area contributed by atoms with Crippen molar-refractivity contribution in [3.8, 4) is 16.3 Å². The Hall–Kier alpha value is -3.58. The third-order valence-corrected chi connectivity index (χ3v) is 5.42. The van der Waals surface area contributed by atoms with E-state index in [1.165, 1.54) is 23.5 Å². The Labute approximate surface area is 182 Å². The maximum Gasteiger partial charge on any atom is 0.271 e. The fourth-order valence-corrected chi connectivity index (χ4v) is 3.76. The van der Waals surface area contributed by atoms with Gasteiger partial charge in [-0.05, 0) is 29.8 Å². The van der Waals surface area contributed by atoms with Crippen LogP contribution in [-0.2, 0) is 13.2 Å². The molecule has 4 aromatic rings. The van der Waals surface area contributed by atoms with Gasteiger partial charge in [-0.2, -0.15) is 0 Å². The summed E-state index contributed by atoms with van der Waals surface area (Å²) in [5.41, 5.74) is 2.25. The van der Waals surface area contributed by atoms with E-state index in [9.17, 15) is 13.6 Å². The predicted molar refractivity (Wildman–Crippen MR) is 116 cm³/mol. The van der Waals surface area contributed by atoms with Crippen molar-refractivity contribution in [3.05, 3.63) is 107 Å². The summed E-state index contributed by atoms with van der Waals surface area (Å²) in [5.74, 6) is -1.07. The van der Waals surface area contributed by atoms with Gasteiger partial charge in [0.05, 0.1) is 5.56 Å². The van der Waals surface area contributed by atoms with E-state index in [-0.39, 0.29) is 18.1 Å². The number of rotatable bonds is 7. The number of para-hydroxylation sites is 1. The molecule has 0 spiro atoms. The number of halogens is 2. The number of nitrogens with zero attached hydrogens (tertiary/aromatic N) is 1. The standard InChI is InChI=1S/C24H18F2N2O2S/c25-18-11-10-17(20(26)12-18)14-30-22-9-5-4-8-19(22)24-28-21(15-31-24)23(29)27-13-16-6-2-1-3-7-16/h1-12,15H,13-14H2,(H,27,29). The molecule has 0 radical (unpaired) electrons. The van der Waals surface area contributed by atoms with Gasteiger partial charge in [-0.1, -0.05) is 42.5 Å². The van der Waals surface area contributed by atoms with Crippen molar-refractivity contribution in [3.63, 3.8) is 0 Å². The van der Waals surface area contributed by atoms with Gasteiger partial charge in [0.1, 0.15) is 34.7 Å². The minimum Gasteiger partial charge on any atom is -0.488 e. The summed E-state index contributed by atoms with van der Waals surface area (Å²) in [6.07, 6.45) is 0. The lowest BCUT2D eigenvalue weighted by Gasteiger charge is -2.10. The average molecular weight is 436 g/mol. The molecular formula is C24H18F2N2O2S. The number of aromatic nitrogens is 1. The van der Waals surface area contributed by atoms with E-state index in [0.717, 1.165) is 11.6 Å². The van der Waals surface area contributed by atoms with Crippen molar-refractivity contribution in [2.45, 2.75) is 13.2 Å². The molecule has 0 saturated carbocycles. The number of carbonyl (C=O) groups excluding carboxylic acids is 1. The molecule has 0 saturated heterocycles. The zero-order chi connectivity index (χ0) is 21.6. The van der Waals surface area contributed by atoms with Crippen molar-refractivity contribution >= 4 is 17.2 Å². The summed E-state index contributed by atoms with van der Waals surface area (Å²) in [5, 5.41) is 5.15. The van der Waals surface area contributed by atoms with Gasteiger partial charge in [0.25, 0.3) is 5.91 Å². The molecule has 0 aliphatic carbocycles. The van der Waals surface area contributed by atoms with Crippen LogP contribution in [0.15, 0.2) is 78.2 Å². The normalized spacial score (nSPS) is 10.6. The van der Waals surface area contributed by atoms with Gasteiger partial charge in [0, 0.05) is 23.6 Å². The summed E-state index contributed by atoms with van der Waals surface area (Å²) in [6.45, 7) is 0.356. The highest BCUT2D eigenvalue weighted by atomic mass is 32.1. The molecule has 1 heterocycles. The molecule has 1 aromatic heterocycles. The van der Waals surface area contributed by atoms with Gasteiger partial charge in [0.2, 0.25) is 0 Å². The number of thiazole rings is 1. The number of benzene rings is 3. The Balaban J connectivity index is 1.46. The van der Waals surface area contributed by atoms with Gasteiger partial charge < -0.3 is 10.1 Å². The van der Waals surface area contributed by atoms with Crippen molar-refractivity contribution in [1.82, 2.24) is 10.3 Å². The minimum atomic E-state index is -0.663. The van der Waals surface area contributed by atoms with Crippen molar-refractivity contribution in [2.24, 2.45) is 0 Å². The zero-order valence-corrected chi connectivity index (χ0v) is 17.2. The summed E-state index contributed by atoms with van der Waals surface area (Å²) < 4.78 is 32.8. The topological polar surface area (TPSA) is 51.2 Å². The smallest absolute Gasteiger partial charge is 0.271 e. The van der Waals surface area contributed by atoms with Gasteiger partial charge in [-0.3, -0.25) is 4.79 Å². The first-order chi connectivity index (χ1) is 15.1. The molecule has 0 aliphatic heterocycles. The van der Waals surface area contributed by atoms with Crippen LogP contribution in [0.3, 0.4) is 0 Å². The fourth-order valence-electron chi connectivity index (χ4n) is 2.93. The summed E-state index contributed by atoms with van der Waals surface area (Å²) in [4.78, 5) is 16.9. The molecule has 4 rings (SSSR count). The van der Waals surface area contributed by atoms with Crippen molar-refractivity contribution in [2.75, 3.05) is 0 Å². The Bertz CT molecular complexity index is 1200. The van der Waals surface area contributed by atoms with E-state index < -0.39 is 11.6 Å². The number of amides is 1. The first kappa shape index (κ1) is 20.7. The number of carbonyl (C=O) groups is 1. The van der Waals surface area contributed by atoms with E-state index in [2.05, 4.69) is 10.3 Å². The zero-order valence-electron chi connectivity index (χ0n) is 16.3. The van der Waals surface area contributed by atoms with Crippen LogP contribution in [0.5, 0.6) is 5.75 Å². The maximum atomic E-state index is 13.9. The lowest BCUT2D eigenvalue weighted by molar-refractivity contribution is 0.0946. The van der Waals surface area contributed by atoms with E-state index in [1.807, 2.05) is 42.5 Å². The fraction of sp³-hybridized carbons (Fsp3) is 0.0833. The lowest BCUT2D eigenvalue weighted by Crippen LogP contribution is -2.23. The van der Waals surface area contributed by atoms with Crippen LogP contribution in [0.25, 0.3) is 10.6 Å². The largest absolute Gasteiger partial charge is 0.488 e. The second kappa shape index (κ2) is 9.49. The molecule has 156 valence electrons. The summed E-state index contributed by atoms with van der Waals surface area (Å²) in [7, 11) is 0. The number of ether oxygens (including phenoxy) is 1. The second-order valence-corrected chi connectivity index (χ2v) is 7.58. The Morgan fingerprint density at radius 1 is 1.00 bits per heavy atom. The third kappa shape index (κ3) is 5.13. The van der Waals surface area contributed by atoms with Crippen LogP contribution in [0, 0.1) is 11.6 Å². The molecule has 4 nitrogen and oxygen atoms in total. The van der Waals surface area contributed by atoms with Crippen LogP contribution < -0.4 is 10.1 Å². The van der Waals surface area contributed by atoms with Crippen molar-refractivity contribution < 1.29 is 18.3 Å². The molecule has 1 amide bonds. The van der Waals surface area contributed by atoms with Crippen LogP contribution in [0.2, 0.25) is 0 Å². The second-order valence-electron chi connectivity index (χ2n) is 6.73. The minimum absolute atomic E-state index is 0.0566. The monoisotopic (exact) mass is 436 g/mol. The maximum absolute atomic E-state index is 13.9. The number of nitrogens with one attached hydrogen (secondary N) is 1. The molecule has 0 fully saturated rings. The first-order valence-corrected chi connectivity index (χ1v) is 10.4. The molecule has 7 heteroatoms. The highest BCUT2D eigenvalue weighted by Gasteiger charge is 2.15. The first-order valence-electron chi connectivity index (χ1n) is 9.54. The highest BCUT2D eigenvalue weighted by molar-refractivity contribution is 7.13. The molecule has 0 bridgehead atoms. The molecule has 0 unspecified atom stereocenters. The van der Waals surface area contributed by atoms with Gasteiger partial charge in [0.15, 0.2) is 0 Å². The summed E-state index contributed by atoms with van der Waals surface area (Å²) in [6, 6.07) is 20.2. The van der Waals surface area contributed by atoms with Crippen LogP contribution in [0.4, 0.5) is 8.78 Å². The van der Waals surface area contributed by atoms with E-state index in [1.54, 1.807) is 17.5 Å².